The number of hydrogen-bond donors (Lipinski definition) is 1. The number of nitriles is 1. The fourth-order valence-corrected chi connectivity index (χ4v) is 3.91. The SMILES string of the molecule is CC(C)(C)c1ccc(C=C(C#N)C(=O)Nc2ncc(Cc3cccc(C(F)(F)F)c3)s2)cc1. The fraction of sp³-hybridized carbons (Fsp3) is 0.240. The standard InChI is InChI=1S/C25H22F3N3OS/c1-24(2,3)19-9-7-16(8-10-19)11-18(14-29)22(32)31-23-30-15-21(33-23)13-17-5-4-6-20(12-17)25(26,27)28/h4-12,15H,13H2,1-3H3,(H,30,31,32). The summed E-state index contributed by atoms with van der Waals surface area (Å²) in [7, 11) is 0. The number of benzene rings is 2. The minimum Gasteiger partial charge on any atom is -0.297 e. The van der Waals surface area contributed by atoms with E-state index in [9.17, 15) is 23.2 Å². The number of hydrogen-bond acceptors (Lipinski definition) is 4. The highest BCUT2D eigenvalue weighted by atomic mass is 32.1. The van der Waals surface area contributed by atoms with Gasteiger partial charge < -0.3 is 0 Å². The molecule has 0 saturated carbocycles. The summed E-state index contributed by atoms with van der Waals surface area (Å²) in [6.45, 7) is 6.30. The lowest BCUT2D eigenvalue weighted by atomic mass is 9.86. The van der Waals surface area contributed by atoms with Crippen LogP contribution in [0.4, 0.5) is 18.3 Å². The summed E-state index contributed by atoms with van der Waals surface area (Å²) in [6.07, 6.45) is -1.16. The van der Waals surface area contributed by atoms with Gasteiger partial charge in [0.2, 0.25) is 0 Å². The van der Waals surface area contributed by atoms with Crippen LogP contribution in [0, 0.1) is 11.3 Å². The molecule has 0 aliphatic heterocycles. The van der Waals surface area contributed by atoms with Crippen molar-refractivity contribution in [1.29, 1.82) is 5.26 Å². The predicted molar refractivity (Wildman–Crippen MR) is 124 cm³/mol. The maximum Gasteiger partial charge on any atom is 0.416 e. The summed E-state index contributed by atoms with van der Waals surface area (Å²) in [4.78, 5) is 17.3. The van der Waals surface area contributed by atoms with Crippen molar-refractivity contribution in [1.82, 2.24) is 4.98 Å². The largest absolute Gasteiger partial charge is 0.416 e. The first-order valence-corrected chi connectivity index (χ1v) is 10.9. The third kappa shape index (κ3) is 6.53. The van der Waals surface area contributed by atoms with Crippen molar-refractivity contribution in [3.63, 3.8) is 0 Å². The smallest absolute Gasteiger partial charge is 0.297 e. The molecular weight excluding hydrogens is 447 g/mol. The van der Waals surface area contributed by atoms with Crippen LogP contribution in [-0.2, 0) is 22.8 Å². The van der Waals surface area contributed by atoms with E-state index < -0.39 is 17.6 Å². The third-order valence-electron chi connectivity index (χ3n) is 4.86. The van der Waals surface area contributed by atoms with E-state index in [2.05, 4.69) is 31.1 Å². The zero-order valence-corrected chi connectivity index (χ0v) is 19.1. The van der Waals surface area contributed by atoms with Crippen molar-refractivity contribution >= 4 is 28.5 Å². The van der Waals surface area contributed by atoms with Crippen molar-refractivity contribution < 1.29 is 18.0 Å². The highest BCUT2D eigenvalue weighted by Gasteiger charge is 2.30. The van der Waals surface area contributed by atoms with Crippen LogP contribution in [0.1, 0.15) is 47.9 Å². The van der Waals surface area contributed by atoms with Gasteiger partial charge in [0.05, 0.1) is 5.56 Å². The Balaban J connectivity index is 1.69. The topological polar surface area (TPSA) is 65.8 Å². The Morgan fingerprint density at radius 3 is 2.42 bits per heavy atom. The number of carbonyl (C=O) groups excluding carboxylic acids is 1. The van der Waals surface area contributed by atoms with E-state index in [-0.39, 0.29) is 22.5 Å². The number of aromatic nitrogens is 1. The Hall–Kier alpha value is -3.44. The van der Waals surface area contributed by atoms with E-state index in [1.807, 2.05) is 30.3 Å². The predicted octanol–water partition coefficient (Wildman–Crippen LogP) is 6.60. The number of amides is 1. The van der Waals surface area contributed by atoms with Crippen LogP contribution >= 0.6 is 11.3 Å². The Morgan fingerprint density at radius 2 is 1.82 bits per heavy atom. The highest BCUT2D eigenvalue weighted by molar-refractivity contribution is 7.15. The van der Waals surface area contributed by atoms with Crippen molar-refractivity contribution in [3.05, 3.63) is 87.4 Å². The molecule has 0 bridgehead atoms. The monoisotopic (exact) mass is 469 g/mol. The van der Waals surface area contributed by atoms with Crippen LogP contribution < -0.4 is 5.32 Å². The molecule has 0 saturated heterocycles. The van der Waals surface area contributed by atoms with Crippen LogP contribution in [0.25, 0.3) is 6.08 Å². The number of rotatable bonds is 5. The fourth-order valence-electron chi connectivity index (χ4n) is 3.06. The molecule has 1 heterocycles. The minimum absolute atomic E-state index is 0.00567. The molecule has 0 unspecified atom stereocenters. The quantitative estimate of drug-likeness (QED) is 0.338. The number of halogens is 3. The maximum absolute atomic E-state index is 12.9. The Bertz CT molecular complexity index is 1210. The zero-order valence-electron chi connectivity index (χ0n) is 18.3. The molecular formula is C25H22F3N3OS. The first kappa shape index (κ1) is 24.2. The molecule has 1 amide bonds. The molecule has 3 aromatic rings. The molecule has 0 atom stereocenters. The Morgan fingerprint density at radius 1 is 1.12 bits per heavy atom. The molecule has 1 N–H and O–H groups in total. The molecule has 0 aliphatic rings. The van der Waals surface area contributed by atoms with Gasteiger partial charge in [-0.05, 0) is 34.2 Å². The average Bonchev–Trinajstić information content (AvgIpc) is 3.17. The molecule has 0 spiro atoms. The molecule has 33 heavy (non-hydrogen) atoms. The zero-order chi connectivity index (χ0) is 24.2. The number of anilines is 1. The second-order valence-corrected chi connectivity index (χ2v) is 9.62. The number of alkyl halides is 3. The van der Waals surface area contributed by atoms with Crippen molar-refractivity contribution in [2.75, 3.05) is 5.32 Å². The Kier molecular flexibility index (Phi) is 7.04. The number of nitrogens with zero attached hydrogens (tertiary/aromatic N) is 2. The van der Waals surface area contributed by atoms with Crippen LogP contribution in [-0.4, -0.2) is 10.9 Å². The summed E-state index contributed by atoms with van der Waals surface area (Å²) in [5.41, 5.74) is 1.56. The van der Waals surface area contributed by atoms with Gasteiger partial charge in [-0.2, -0.15) is 18.4 Å². The van der Waals surface area contributed by atoms with Crippen LogP contribution in [0.5, 0.6) is 0 Å². The lowest BCUT2D eigenvalue weighted by molar-refractivity contribution is -0.137. The normalized spacial score (nSPS) is 12.3. The van der Waals surface area contributed by atoms with E-state index in [1.54, 1.807) is 6.07 Å². The average molecular weight is 470 g/mol. The summed E-state index contributed by atoms with van der Waals surface area (Å²) in [5.74, 6) is -0.600. The van der Waals surface area contributed by atoms with Crippen LogP contribution in [0.15, 0.2) is 60.3 Å². The summed E-state index contributed by atoms with van der Waals surface area (Å²) >= 11 is 1.15. The molecule has 3 rings (SSSR count). The minimum atomic E-state index is -4.41. The molecule has 170 valence electrons. The van der Waals surface area contributed by atoms with Gasteiger partial charge in [0.15, 0.2) is 5.13 Å². The second-order valence-electron chi connectivity index (χ2n) is 8.50. The van der Waals surface area contributed by atoms with Gasteiger partial charge in [0, 0.05) is 17.5 Å². The van der Waals surface area contributed by atoms with Gasteiger partial charge in [0.25, 0.3) is 5.91 Å². The van der Waals surface area contributed by atoms with Crippen molar-refractivity contribution in [3.8, 4) is 6.07 Å². The van der Waals surface area contributed by atoms with Gasteiger partial charge in [0.1, 0.15) is 11.6 Å². The third-order valence-corrected chi connectivity index (χ3v) is 5.77. The van der Waals surface area contributed by atoms with E-state index in [0.717, 1.165) is 34.6 Å². The molecule has 0 aliphatic carbocycles. The highest BCUT2D eigenvalue weighted by Crippen LogP contribution is 2.30. The molecule has 0 fully saturated rings. The van der Waals surface area contributed by atoms with Gasteiger partial charge in [-0.1, -0.05) is 63.2 Å². The van der Waals surface area contributed by atoms with E-state index >= 15 is 0 Å². The second kappa shape index (κ2) is 9.59. The molecule has 0 radical (unpaired) electrons. The molecule has 1 aromatic heterocycles. The molecule has 2 aromatic carbocycles. The lowest BCUT2D eigenvalue weighted by Crippen LogP contribution is -2.13. The number of nitrogens with one attached hydrogen (secondary N) is 1. The van der Waals surface area contributed by atoms with Gasteiger partial charge in [-0.3, -0.25) is 10.1 Å². The number of thiazole rings is 1. The number of carbonyl (C=O) groups is 1. The summed E-state index contributed by atoms with van der Waals surface area (Å²) in [6, 6.07) is 14.6. The first-order valence-electron chi connectivity index (χ1n) is 10.1. The maximum atomic E-state index is 12.9. The van der Waals surface area contributed by atoms with E-state index in [0.29, 0.717) is 10.4 Å². The van der Waals surface area contributed by atoms with Crippen LogP contribution in [0.2, 0.25) is 0 Å². The summed E-state index contributed by atoms with van der Waals surface area (Å²) in [5, 5.41) is 12.3. The van der Waals surface area contributed by atoms with E-state index in [4.69, 9.17) is 0 Å². The molecule has 8 heteroatoms. The Labute approximate surface area is 194 Å². The van der Waals surface area contributed by atoms with Crippen molar-refractivity contribution in [2.24, 2.45) is 0 Å². The lowest BCUT2D eigenvalue weighted by Gasteiger charge is -2.18. The molecule has 4 nitrogen and oxygen atoms in total. The first-order chi connectivity index (χ1) is 15.5. The van der Waals surface area contributed by atoms with E-state index in [1.165, 1.54) is 18.3 Å². The summed E-state index contributed by atoms with van der Waals surface area (Å²) < 4.78 is 38.7. The van der Waals surface area contributed by atoms with Gasteiger partial charge in [-0.15, -0.1) is 11.3 Å². The van der Waals surface area contributed by atoms with Crippen molar-refractivity contribution in [2.45, 2.75) is 38.8 Å². The van der Waals surface area contributed by atoms with Gasteiger partial charge >= 0.3 is 6.18 Å². The van der Waals surface area contributed by atoms with Gasteiger partial charge in [-0.25, -0.2) is 4.98 Å². The van der Waals surface area contributed by atoms with Crippen LogP contribution in [0.3, 0.4) is 0 Å².